The summed E-state index contributed by atoms with van der Waals surface area (Å²) in [7, 11) is 0. The molecule has 0 aliphatic heterocycles. The third kappa shape index (κ3) is 1.51. The number of azide groups is 1. The van der Waals surface area contributed by atoms with Gasteiger partial charge in [0.2, 0.25) is 0 Å². The molecule has 0 saturated heterocycles. The normalized spacial score (nSPS) is 28.7. The molecule has 3 atom stereocenters. The molecule has 0 radical (unpaired) electrons. The highest BCUT2D eigenvalue weighted by Gasteiger charge is 2.41. The molecule has 7 heteroatoms. The summed E-state index contributed by atoms with van der Waals surface area (Å²) in [4.78, 5) is 15.4. The maximum Gasteiger partial charge on any atom is 0.163 e. The number of nitrogens with zero attached hydrogens (tertiary/aromatic N) is 7. The van der Waals surface area contributed by atoms with Gasteiger partial charge in [0.1, 0.15) is 11.8 Å². The van der Waals surface area contributed by atoms with E-state index in [0.29, 0.717) is 17.4 Å². The lowest BCUT2D eigenvalue weighted by Crippen LogP contribution is -2.15. The minimum Gasteiger partial charge on any atom is -0.312 e. The summed E-state index contributed by atoms with van der Waals surface area (Å²) in [6, 6.07) is 0.498. The van der Waals surface area contributed by atoms with Crippen LogP contribution in [0, 0.1) is 11.8 Å². The highest BCUT2D eigenvalue weighted by Crippen LogP contribution is 2.51. The molecule has 2 aliphatic carbocycles. The molecular weight excluding hydrogens is 242 g/mol. The summed E-state index contributed by atoms with van der Waals surface area (Å²) < 4.78 is 2.15. The number of fused-ring (bicyclic) bond motifs is 3. The van der Waals surface area contributed by atoms with Gasteiger partial charge in [-0.05, 0) is 41.7 Å². The Morgan fingerprint density at radius 2 is 2.21 bits per heavy atom. The molecular formula is C12H13N7. The van der Waals surface area contributed by atoms with Crippen molar-refractivity contribution in [3.8, 4) is 0 Å². The molecule has 2 aromatic rings. The second kappa shape index (κ2) is 3.93. The quantitative estimate of drug-likeness (QED) is 0.468. The van der Waals surface area contributed by atoms with Gasteiger partial charge in [0.15, 0.2) is 11.5 Å². The Morgan fingerprint density at radius 1 is 1.26 bits per heavy atom. The van der Waals surface area contributed by atoms with E-state index in [-0.39, 0.29) is 0 Å². The maximum absolute atomic E-state index is 8.55. The largest absolute Gasteiger partial charge is 0.312 e. The third-order valence-corrected chi connectivity index (χ3v) is 4.54. The van der Waals surface area contributed by atoms with Crippen LogP contribution < -0.4 is 0 Å². The van der Waals surface area contributed by atoms with Crippen LogP contribution in [0.1, 0.15) is 31.7 Å². The van der Waals surface area contributed by atoms with Gasteiger partial charge in [-0.3, -0.25) is 0 Å². The van der Waals surface area contributed by atoms with Crippen LogP contribution in [0.3, 0.4) is 0 Å². The number of imidazole rings is 1. The first kappa shape index (κ1) is 10.8. The SMILES string of the molecule is [N-]=[N+]=Nc1ncnc2c1ncn2[C@@H]1C[C@H]2CC[C@@H]1C2. The second-order valence-corrected chi connectivity index (χ2v) is 5.45. The maximum atomic E-state index is 8.55. The molecule has 0 amide bonds. The zero-order valence-corrected chi connectivity index (χ0v) is 10.3. The summed E-state index contributed by atoms with van der Waals surface area (Å²) in [6.45, 7) is 0. The van der Waals surface area contributed by atoms with Gasteiger partial charge < -0.3 is 4.57 Å². The van der Waals surface area contributed by atoms with Gasteiger partial charge >= 0.3 is 0 Å². The Kier molecular flexibility index (Phi) is 2.22. The molecule has 2 fully saturated rings. The Balaban J connectivity index is 1.83. The fourth-order valence-electron chi connectivity index (χ4n) is 3.75. The number of hydrogen-bond donors (Lipinski definition) is 0. The molecule has 2 saturated carbocycles. The minimum atomic E-state index is 0.314. The van der Waals surface area contributed by atoms with Crippen LogP contribution in [-0.2, 0) is 0 Å². The zero-order chi connectivity index (χ0) is 12.8. The Hall–Kier alpha value is -2.14. The minimum absolute atomic E-state index is 0.314. The van der Waals surface area contributed by atoms with Crippen LogP contribution in [0.15, 0.2) is 17.8 Å². The first-order chi connectivity index (χ1) is 9.36. The monoisotopic (exact) mass is 255 g/mol. The van der Waals surface area contributed by atoms with Crippen molar-refractivity contribution in [1.82, 2.24) is 19.5 Å². The van der Waals surface area contributed by atoms with E-state index < -0.39 is 0 Å². The van der Waals surface area contributed by atoms with Crippen LogP contribution in [0.2, 0.25) is 0 Å². The molecule has 7 nitrogen and oxygen atoms in total. The standard InChI is InChI=1S/C12H13N7/c13-18-17-11-10-12(15-5-14-11)19(6-16-10)9-4-7-1-2-8(9)3-7/h5-9H,1-4H2/t7-,8+,9+/m0/s1. The van der Waals surface area contributed by atoms with Crippen molar-refractivity contribution in [2.45, 2.75) is 31.7 Å². The lowest BCUT2D eigenvalue weighted by molar-refractivity contribution is 0.334. The molecule has 4 rings (SSSR count). The molecule has 96 valence electrons. The summed E-state index contributed by atoms with van der Waals surface area (Å²) in [5, 5.41) is 3.58. The smallest absolute Gasteiger partial charge is 0.163 e. The lowest BCUT2D eigenvalue weighted by Gasteiger charge is -2.23. The molecule has 0 spiro atoms. The van der Waals surface area contributed by atoms with E-state index in [1.165, 1.54) is 32.0 Å². The van der Waals surface area contributed by atoms with E-state index in [9.17, 15) is 0 Å². The van der Waals surface area contributed by atoms with E-state index in [1.807, 2.05) is 6.33 Å². The average molecular weight is 255 g/mol. The molecule has 0 unspecified atom stereocenters. The second-order valence-electron chi connectivity index (χ2n) is 5.45. The van der Waals surface area contributed by atoms with Crippen molar-refractivity contribution in [3.63, 3.8) is 0 Å². The Labute approximate surface area is 109 Å². The van der Waals surface area contributed by atoms with E-state index in [4.69, 9.17) is 5.53 Å². The van der Waals surface area contributed by atoms with Gasteiger partial charge in [-0.2, -0.15) is 0 Å². The molecule has 0 N–H and O–H groups in total. The van der Waals surface area contributed by atoms with Crippen molar-refractivity contribution < 1.29 is 0 Å². The average Bonchev–Trinajstić information content (AvgIpc) is 3.13. The first-order valence-corrected chi connectivity index (χ1v) is 6.59. The molecule has 2 heterocycles. The summed E-state index contributed by atoms with van der Waals surface area (Å²) >= 11 is 0. The van der Waals surface area contributed by atoms with Gasteiger partial charge in [-0.25, -0.2) is 15.0 Å². The van der Waals surface area contributed by atoms with Crippen molar-refractivity contribution in [1.29, 1.82) is 0 Å². The van der Waals surface area contributed by atoms with Crippen molar-refractivity contribution in [2.75, 3.05) is 0 Å². The van der Waals surface area contributed by atoms with Gasteiger partial charge in [-0.1, -0.05) is 6.42 Å². The van der Waals surface area contributed by atoms with Gasteiger partial charge in [0.25, 0.3) is 0 Å². The predicted octanol–water partition coefficient (Wildman–Crippen LogP) is 3.13. The molecule has 0 aromatic carbocycles. The van der Waals surface area contributed by atoms with E-state index in [1.54, 1.807) is 0 Å². The van der Waals surface area contributed by atoms with E-state index >= 15 is 0 Å². The number of aromatic nitrogens is 4. The van der Waals surface area contributed by atoms with Crippen molar-refractivity contribution >= 4 is 17.0 Å². The topological polar surface area (TPSA) is 92.4 Å². The number of rotatable bonds is 2. The van der Waals surface area contributed by atoms with E-state index in [0.717, 1.165) is 17.5 Å². The van der Waals surface area contributed by atoms with E-state index in [2.05, 4.69) is 29.5 Å². The van der Waals surface area contributed by atoms with Gasteiger partial charge in [0, 0.05) is 11.0 Å². The molecule has 2 bridgehead atoms. The van der Waals surface area contributed by atoms with Crippen LogP contribution in [0.4, 0.5) is 5.82 Å². The van der Waals surface area contributed by atoms with Crippen molar-refractivity contribution in [2.24, 2.45) is 17.0 Å². The molecule has 2 aromatic heterocycles. The Bertz CT molecular complexity index is 684. The van der Waals surface area contributed by atoms with Gasteiger partial charge in [0.05, 0.1) is 6.33 Å². The van der Waals surface area contributed by atoms with Gasteiger partial charge in [-0.15, -0.1) is 0 Å². The highest BCUT2D eigenvalue weighted by atomic mass is 15.2. The predicted molar refractivity (Wildman–Crippen MR) is 68.6 cm³/mol. The summed E-state index contributed by atoms with van der Waals surface area (Å²) in [5.41, 5.74) is 9.93. The summed E-state index contributed by atoms with van der Waals surface area (Å²) in [6.07, 6.45) is 8.49. The Morgan fingerprint density at radius 3 is 2.95 bits per heavy atom. The molecule has 2 aliphatic rings. The van der Waals surface area contributed by atoms with Crippen molar-refractivity contribution in [3.05, 3.63) is 23.1 Å². The summed E-state index contributed by atoms with van der Waals surface area (Å²) in [5.74, 6) is 1.93. The van der Waals surface area contributed by atoms with Crippen LogP contribution in [0.5, 0.6) is 0 Å². The van der Waals surface area contributed by atoms with Crippen LogP contribution >= 0.6 is 0 Å². The highest BCUT2D eigenvalue weighted by molar-refractivity contribution is 5.80. The fraction of sp³-hybridized carbons (Fsp3) is 0.583. The molecule has 19 heavy (non-hydrogen) atoms. The third-order valence-electron chi connectivity index (χ3n) is 4.54. The zero-order valence-electron chi connectivity index (χ0n) is 10.3. The first-order valence-electron chi connectivity index (χ1n) is 6.59. The van der Waals surface area contributed by atoms with Crippen LogP contribution in [0.25, 0.3) is 21.6 Å². The number of hydrogen-bond acceptors (Lipinski definition) is 4. The van der Waals surface area contributed by atoms with Crippen LogP contribution in [-0.4, -0.2) is 19.5 Å². The lowest BCUT2D eigenvalue weighted by atomic mass is 9.95. The fourth-order valence-corrected chi connectivity index (χ4v) is 3.75.